The molecule has 2 bridgehead atoms. The first-order valence-corrected chi connectivity index (χ1v) is 14.4. The summed E-state index contributed by atoms with van der Waals surface area (Å²) in [7, 11) is 0. The molecule has 4 aliphatic rings. The molecule has 1 fully saturated rings. The van der Waals surface area contributed by atoms with Gasteiger partial charge in [-0.15, -0.1) is 0 Å². The molecule has 2 atom stereocenters. The predicted octanol–water partition coefficient (Wildman–Crippen LogP) is 6.23. The van der Waals surface area contributed by atoms with Crippen molar-refractivity contribution in [2.24, 2.45) is 11.8 Å². The van der Waals surface area contributed by atoms with Crippen molar-refractivity contribution in [3.8, 4) is 0 Å². The molecule has 3 amide bonds. The first kappa shape index (κ1) is 25.9. The van der Waals surface area contributed by atoms with E-state index in [0.29, 0.717) is 5.56 Å². The highest BCUT2D eigenvalue weighted by atomic mass is 79.9. The van der Waals surface area contributed by atoms with E-state index in [2.05, 4.69) is 15.9 Å². The molecule has 0 aromatic heterocycles. The summed E-state index contributed by atoms with van der Waals surface area (Å²) in [6, 6.07) is 29.0. The zero-order valence-electron chi connectivity index (χ0n) is 21.5. The number of carbonyl (C=O) groups is 4. The average Bonchev–Trinajstić information content (AvgIpc) is 3.26. The Labute approximate surface area is 249 Å². The lowest BCUT2D eigenvalue weighted by Gasteiger charge is -2.45. The Morgan fingerprint density at radius 1 is 0.707 bits per heavy atom. The molecular weight excluding hydrogens is 604 g/mol. The van der Waals surface area contributed by atoms with Gasteiger partial charge in [0.1, 0.15) is 6.54 Å². The summed E-state index contributed by atoms with van der Waals surface area (Å²) in [5.74, 6) is -4.13. The van der Waals surface area contributed by atoms with Crippen molar-refractivity contribution >= 4 is 51.0 Å². The van der Waals surface area contributed by atoms with Gasteiger partial charge in [0.05, 0.1) is 22.4 Å². The van der Waals surface area contributed by atoms with Gasteiger partial charge in [0, 0.05) is 21.9 Å². The van der Waals surface area contributed by atoms with E-state index < -0.39 is 41.9 Å². The summed E-state index contributed by atoms with van der Waals surface area (Å²) >= 11 is 9.75. The van der Waals surface area contributed by atoms with E-state index in [1.807, 2.05) is 48.5 Å². The first-order chi connectivity index (χ1) is 19.9. The number of halogens is 2. The molecule has 3 aliphatic carbocycles. The van der Waals surface area contributed by atoms with Crippen LogP contribution < -0.4 is 0 Å². The van der Waals surface area contributed by atoms with Gasteiger partial charge in [0.2, 0.25) is 0 Å². The molecule has 1 saturated heterocycles. The second kappa shape index (κ2) is 9.79. The number of carbonyl (C=O) groups excluding carboxylic acids is 4. The highest BCUT2D eigenvalue weighted by Crippen LogP contribution is 2.61. The third-order valence-corrected chi connectivity index (χ3v) is 9.32. The van der Waals surface area contributed by atoms with Gasteiger partial charge < -0.3 is 0 Å². The molecule has 1 heterocycles. The topological polar surface area (TPSA) is 74.8 Å². The van der Waals surface area contributed by atoms with Crippen molar-refractivity contribution in [3.05, 3.63) is 140 Å². The van der Waals surface area contributed by atoms with E-state index in [1.54, 1.807) is 42.5 Å². The second-order valence-electron chi connectivity index (χ2n) is 10.5. The van der Waals surface area contributed by atoms with Crippen LogP contribution >= 0.6 is 27.5 Å². The molecular formula is C33H22BrClN2O4. The summed E-state index contributed by atoms with van der Waals surface area (Å²) in [6.45, 7) is -0.502. The van der Waals surface area contributed by atoms with Crippen molar-refractivity contribution in [1.29, 1.82) is 0 Å². The van der Waals surface area contributed by atoms with Crippen LogP contribution in [-0.2, 0) is 9.59 Å². The second-order valence-corrected chi connectivity index (χ2v) is 11.8. The minimum absolute atomic E-state index is 0.0998. The average molecular weight is 626 g/mol. The highest BCUT2D eigenvalue weighted by Gasteiger charge is 2.63. The smallest absolute Gasteiger partial charge is 0.274 e. The summed E-state index contributed by atoms with van der Waals surface area (Å²) in [5, 5.41) is 2.08. The summed E-state index contributed by atoms with van der Waals surface area (Å²) < 4.78 is 0.793. The molecule has 1 aliphatic heterocycles. The summed E-state index contributed by atoms with van der Waals surface area (Å²) in [4.78, 5) is 56.2. The molecule has 4 aromatic carbocycles. The third kappa shape index (κ3) is 3.90. The molecule has 41 heavy (non-hydrogen) atoms. The largest absolute Gasteiger partial charge is 0.292 e. The van der Waals surface area contributed by atoms with Crippen LogP contribution in [0.3, 0.4) is 0 Å². The Bertz CT molecular complexity index is 1660. The van der Waals surface area contributed by atoms with Gasteiger partial charge in [-0.2, -0.15) is 5.01 Å². The van der Waals surface area contributed by atoms with Crippen LogP contribution in [0.4, 0.5) is 0 Å². The number of hydrogen-bond acceptors (Lipinski definition) is 4. The highest BCUT2D eigenvalue weighted by molar-refractivity contribution is 9.10. The van der Waals surface area contributed by atoms with Crippen molar-refractivity contribution in [2.75, 3.05) is 6.54 Å². The molecule has 0 N–H and O–H groups in total. The number of Topliss-reactive ketones (excluding diaryl/α,β-unsaturated/α-hetero) is 1. The molecule has 8 heteroatoms. The Morgan fingerprint density at radius 2 is 1.17 bits per heavy atom. The van der Waals surface area contributed by atoms with E-state index in [1.165, 1.54) is 6.07 Å². The van der Waals surface area contributed by atoms with Crippen LogP contribution in [0, 0.1) is 11.8 Å². The van der Waals surface area contributed by atoms with Crippen molar-refractivity contribution in [1.82, 2.24) is 10.0 Å². The monoisotopic (exact) mass is 624 g/mol. The third-order valence-electron chi connectivity index (χ3n) is 8.46. The van der Waals surface area contributed by atoms with Crippen LogP contribution in [0.15, 0.2) is 102 Å². The SMILES string of the molecule is O=C(CN(C(=O)c1ccccc1Cl)N1C(=O)[C@H]2C3c4ccccc4C(c4ccccc43)[C@@H]2C1=O)c1ccc(Br)cc1. The van der Waals surface area contributed by atoms with Gasteiger partial charge in [-0.25, -0.2) is 5.01 Å². The fourth-order valence-corrected chi connectivity index (χ4v) is 7.25. The number of benzene rings is 4. The van der Waals surface area contributed by atoms with E-state index in [4.69, 9.17) is 11.6 Å². The molecule has 202 valence electrons. The van der Waals surface area contributed by atoms with Crippen molar-refractivity contribution in [3.63, 3.8) is 0 Å². The van der Waals surface area contributed by atoms with E-state index in [9.17, 15) is 19.2 Å². The number of rotatable bonds is 5. The van der Waals surface area contributed by atoms with Gasteiger partial charge in [-0.3, -0.25) is 19.2 Å². The Balaban J connectivity index is 1.34. The van der Waals surface area contributed by atoms with Gasteiger partial charge >= 0.3 is 0 Å². The first-order valence-electron chi connectivity index (χ1n) is 13.3. The molecule has 6 nitrogen and oxygen atoms in total. The number of imide groups is 1. The molecule has 0 radical (unpaired) electrons. The van der Waals surface area contributed by atoms with Crippen LogP contribution in [0.5, 0.6) is 0 Å². The number of amides is 3. The predicted molar refractivity (Wildman–Crippen MR) is 156 cm³/mol. The van der Waals surface area contributed by atoms with Crippen molar-refractivity contribution < 1.29 is 19.2 Å². The van der Waals surface area contributed by atoms with E-state index in [0.717, 1.165) is 36.7 Å². The van der Waals surface area contributed by atoms with E-state index >= 15 is 0 Å². The zero-order valence-corrected chi connectivity index (χ0v) is 23.9. The maximum absolute atomic E-state index is 14.3. The van der Waals surface area contributed by atoms with Gasteiger partial charge in [-0.1, -0.05) is 100 Å². The molecule has 0 unspecified atom stereocenters. The molecule has 8 rings (SSSR count). The van der Waals surface area contributed by atoms with E-state index in [-0.39, 0.29) is 22.4 Å². The Kier molecular flexibility index (Phi) is 6.17. The number of hydrazine groups is 1. The van der Waals surface area contributed by atoms with Gasteiger partial charge in [-0.05, 0) is 46.5 Å². The van der Waals surface area contributed by atoms with Crippen LogP contribution in [-0.4, -0.2) is 40.1 Å². The Hall–Kier alpha value is -4.07. The molecule has 0 spiro atoms. The maximum Gasteiger partial charge on any atom is 0.274 e. The summed E-state index contributed by atoms with van der Waals surface area (Å²) in [6.07, 6.45) is 0. The normalized spacial score (nSPS) is 21.8. The minimum atomic E-state index is -0.693. The van der Waals surface area contributed by atoms with Gasteiger partial charge in [0.15, 0.2) is 5.78 Å². The lowest BCUT2D eigenvalue weighted by molar-refractivity contribution is -0.154. The van der Waals surface area contributed by atoms with Gasteiger partial charge in [0.25, 0.3) is 17.7 Å². The lowest BCUT2D eigenvalue weighted by atomic mass is 9.55. The summed E-state index contributed by atoms with van der Waals surface area (Å²) in [5.41, 5.74) is 4.54. The van der Waals surface area contributed by atoms with Crippen LogP contribution in [0.1, 0.15) is 54.8 Å². The lowest BCUT2D eigenvalue weighted by Crippen LogP contribution is -2.52. The maximum atomic E-state index is 14.3. The Morgan fingerprint density at radius 3 is 1.66 bits per heavy atom. The zero-order chi connectivity index (χ0) is 28.4. The van der Waals surface area contributed by atoms with Crippen molar-refractivity contribution in [2.45, 2.75) is 11.8 Å². The fraction of sp³-hybridized carbons (Fsp3) is 0.152. The molecule has 0 saturated carbocycles. The quantitative estimate of drug-likeness (QED) is 0.195. The fourth-order valence-electron chi connectivity index (χ4n) is 6.77. The van der Waals surface area contributed by atoms with Crippen LogP contribution in [0.25, 0.3) is 0 Å². The van der Waals surface area contributed by atoms with Crippen LogP contribution in [0.2, 0.25) is 5.02 Å². The number of hydrogen-bond donors (Lipinski definition) is 0. The number of ketones is 1. The standard InChI is InChI=1S/C33H22BrClN2O4/c34-19-15-13-18(14-16-19)26(38)17-36(31(39)24-11-5-6-12-25(24)35)37-32(40)29-27-20-7-1-2-8-21(20)28(30(29)33(37)41)23-10-4-3-9-22(23)27/h1-16,27-30H,17H2/t27?,28?,29-,30-/m0/s1. The molecule has 4 aromatic rings. The number of nitrogens with zero attached hydrogens (tertiary/aromatic N) is 2. The minimum Gasteiger partial charge on any atom is -0.292 e.